The monoisotopic (exact) mass is 862 g/mol. The van der Waals surface area contributed by atoms with Gasteiger partial charge >= 0.3 is 0 Å². The molecule has 4 spiro atoms. The molecule has 0 saturated heterocycles. The van der Waals surface area contributed by atoms with E-state index in [9.17, 15) is 0 Å². The second kappa shape index (κ2) is 10.6. The Hall–Kier alpha value is -8.01. The van der Waals surface area contributed by atoms with Gasteiger partial charge in [0, 0.05) is 52.4 Å². The maximum atomic E-state index is 2.91. The number of pyridine rings is 3. The SMILES string of the molecule is C1=C2c3ccccc3-c3ccc4[n+](c3)C13C1C5c6ccccc6-c6ccc7c[n+]6C25/C=C(/c2ccccc2-7)C25CC26/C=C(/c2ccccc2-c2ccc([n+]6c2)-c2ccccc25)C13c1ccccc1-4. The van der Waals surface area contributed by atoms with Crippen molar-refractivity contribution in [3.63, 3.8) is 0 Å². The normalized spacial score (nSPS) is 30.9. The topological polar surface area (TPSA) is 11.6 Å². The van der Waals surface area contributed by atoms with Gasteiger partial charge in [0.15, 0.2) is 18.6 Å². The summed E-state index contributed by atoms with van der Waals surface area (Å²) < 4.78 is 8.39. The maximum absolute atomic E-state index is 2.91. The molecule has 19 rings (SSSR count). The second-order valence-corrected chi connectivity index (χ2v) is 21.4. The van der Waals surface area contributed by atoms with Crippen molar-refractivity contribution in [3.8, 4) is 67.2 Å². The Morgan fingerprint density at radius 2 is 0.853 bits per heavy atom. The van der Waals surface area contributed by atoms with Crippen LogP contribution in [0.5, 0.6) is 0 Å². The number of fused-ring (bicyclic) bond motifs is 18. The molecule has 2 fully saturated rings. The summed E-state index contributed by atoms with van der Waals surface area (Å²) in [5.41, 5.74) is 26.0. The molecule has 6 aliphatic heterocycles. The Labute approximate surface area is 393 Å². The highest BCUT2D eigenvalue weighted by Crippen LogP contribution is 2.85. The van der Waals surface area contributed by atoms with Crippen LogP contribution in [0, 0.1) is 5.92 Å². The van der Waals surface area contributed by atoms with Gasteiger partial charge in [-0.2, -0.15) is 13.7 Å². The van der Waals surface area contributed by atoms with Gasteiger partial charge in [0.25, 0.3) is 0 Å². The van der Waals surface area contributed by atoms with Gasteiger partial charge < -0.3 is 0 Å². The number of benzene rings is 6. The second-order valence-electron chi connectivity index (χ2n) is 21.4. The van der Waals surface area contributed by atoms with Crippen molar-refractivity contribution in [1.29, 1.82) is 0 Å². The molecule has 4 aliphatic carbocycles. The fourth-order valence-corrected chi connectivity index (χ4v) is 17.1. The first kappa shape index (κ1) is 34.3. The Kier molecular flexibility index (Phi) is 5.34. The van der Waals surface area contributed by atoms with Gasteiger partial charge in [-0.3, -0.25) is 0 Å². The summed E-state index contributed by atoms with van der Waals surface area (Å²) in [6, 6.07) is 71.5. The summed E-state index contributed by atoms with van der Waals surface area (Å²) in [6.45, 7) is 0. The predicted molar refractivity (Wildman–Crippen MR) is 265 cm³/mol. The van der Waals surface area contributed by atoms with E-state index in [-0.39, 0.29) is 11.8 Å². The van der Waals surface area contributed by atoms with Crippen molar-refractivity contribution >= 4 is 16.7 Å². The summed E-state index contributed by atoms with van der Waals surface area (Å²) in [4.78, 5) is 0. The molecule has 3 aromatic heterocycles. The molecule has 3 heteroatoms. The van der Waals surface area contributed by atoms with E-state index in [0.29, 0.717) is 0 Å². The average molecular weight is 863 g/mol. The minimum Gasteiger partial charge on any atom is -0.187 e. The van der Waals surface area contributed by atoms with Gasteiger partial charge in [0.2, 0.25) is 33.7 Å². The fourth-order valence-electron chi connectivity index (χ4n) is 17.1. The lowest BCUT2D eigenvalue weighted by atomic mass is 9.58. The first-order valence-corrected chi connectivity index (χ1v) is 24.6. The number of hydrogen-bond acceptors (Lipinski definition) is 0. The van der Waals surface area contributed by atoms with Crippen molar-refractivity contribution in [3.05, 3.63) is 252 Å². The third-order valence-electron chi connectivity index (χ3n) is 19.4. The van der Waals surface area contributed by atoms with Crippen LogP contribution >= 0.6 is 0 Å². The molecule has 9 heterocycles. The van der Waals surface area contributed by atoms with Crippen LogP contribution in [0.4, 0.5) is 0 Å². The van der Waals surface area contributed by atoms with Gasteiger partial charge in [-0.15, -0.1) is 0 Å². The van der Waals surface area contributed by atoms with Gasteiger partial charge in [-0.1, -0.05) is 127 Å². The van der Waals surface area contributed by atoms with Crippen molar-refractivity contribution in [1.82, 2.24) is 0 Å². The van der Waals surface area contributed by atoms with Crippen LogP contribution in [-0.2, 0) is 27.4 Å². The third-order valence-corrected chi connectivity index (χ3v) is 19.4. The molecule has 312 valence electrons. The van der Waals surface area contributed by atoms with E-state index in [4.69, 9.17) is 0 Å². The summed E-state index contributed by atoms with van der Waals surface area (Å²) in [5.74, 6) is 0.165. The minimum atomic E-state index is -0.637. The number of hydrogen-bond donors (Lipinski definition) is 0. The van der Waals surface area contributed by atoms with E-state index in [1.165, 1.54) is 117 Å². The summed E-state index contributed by atoms with van der Waals surface area (Å²) in [7, 11) is 0. The molecule has 9 aromatic rings. The fraction of sp³-hybridized carbons (Fsp3) is 0.123. The molecule has 7 atom stereocenters. The molecule has 7 unspecified atom stereocenters. The van der Waals surface area contributed by atoms with Crippen LogP contribution in [0.1, 0.15) is 45.7 Å². The lowest BCUT2D eigenvalue weighted by Crippen LogP contribution is -2.66. The van der Waals surface area contributed by atoms with Gasteiger partial charge in [-0.25, -0.2) is 0 Å². The lowest BCUT2D eigenvalue weighted by molar-refractivity contribution is -0.745. The van der Waals surface area contributed by atoms with E-state index in [1.807, 2.05) is 0 Å². The zero-order valence-electron chi connectivity index (χ0n) is 37.0. The molecular weight excluding hydrogens is 823 g/mol. The van der Waals surface area contributed by atoms with Crippen LogP contribution in [-0.4, -0.2) is 0 Å². The summed E-state index contributed by atoms with van der Waals surface area (Å²) in [6.07, 6.45) is 17.3. The maximum Gasteiger partial charge on any atom is 0.220 e. The minimum absolute atomic E-state index is 0.0362. The highest BCUT2D eigenvalue weighted by molar-refractivity contribution is 6.02. The molecule has 10 aliphatic rings. The predicted octanol–water partition coefficient (Wildman–Crippen LogP) is 11.9. The largest absolute Gasteiger partial charge is 0.220 e. The van der Waals surface area contributed by atoms with E-state index < -0.39 is 27.4 Å². The van der Waals surface area contributed by atoms with E-state index in [1.54, 1.807) is 0 Å². The first-order chi connectivity index (χ1) is 33.6. The number of allylic oxidation sites excluding steroid dienone is 6. The zero-order chi connectivity index (χ0) is 43.7. The van der Waals surface area contributed by atoms with Crippen LogP contribution < -0.4 is 13.7 Å². The van der Waals surface area contributed by atoms with Gasteiger partial charge in [0.05, 0.1) is 28.4 Å². The molecule has 2 saturated carbocycles. The number of nitrogens with zero attached hydrogens (tertiary/aromatic N) is 3. The molecule has 0 radical (unpaired) electrons. The van der Waals surface area contributed by atoms with Crippen LogP contribution in [0.15, 0.2) is 219 Å². The Balaban J connectivity index is 1.13. The van der Waals surface area contributed by atoms with E-state index in [2.05, 4.69) is 233 Å². The number of aromatic nitrogens is 3. The quantitative estimate of drug-likeness (QED) is 0.135. The van der Waals surface area contributed by atoms with Crippen molar-refractivity contribution in [2.45, 2.75) is 39.8 Å². The van der Waals surface area contributed by atoms with Crippen molar-refractivity contribution in [2.24, 2.45) is 5.92 Å². The molecule has 68 heavy (non-hydrogen) atoms. The van der Waals surface area contributed by atoms with E-state index in [0.717, 1.165) is 6.42 Å². The highest BCUT2D eigenvalue weighted by atomic mass is 15.2. The van der Waals surface area contributed by atoms with Crippen LogP contribution in [0.3, 0.4) is 0 Å². The molecule has 6 aromatic carbocycles. The van der Waals surface area contributed by atoms with E-state index >= 15 is 0 Å². The lowest BCUT2D eigenvalue weighted by Gasteiger charge is -2.46. The van der Waals surface area contributed by atoms with Gasteiger partial charge in [-0.05, 0) is 116 Å². The molecule has 13 bridgehead atoms. The third kappa shape index (κ3) is 3.22. The highest BCUT2D eigenvalue weighted by Gasteiger charge is 2.95. The van der Waals surface area contributed by atoms with Gasteiger partial charge in [0.1, 0.15) is 5.41 Å². The molecule has 0 N–H and O–H groups in total. The molecule has 0 amide bonds. The zero-order valence-corrected chi connectivity index (χ0v) is 37.0. The Bertz CT molecular complexity index is 4130. The van der Waals surface area contributed by atoms with Crippen molar-refractivity contribution in [2.75, 3.05) is 0 Å². The van der Waals surface area contributed by atoms with Crippen LogP contribution in [0.2, 0.25) is 0 Å². The number of rotatable bonds is 0. The standard InChI is InChI=1S/C65H40N3/c1-4-16-44-41(13-1)39-25-28-56-47-19-7-8-20-48(47)59-60-64-33-54-45-17-5-2-14-42(45)40-27-30-58(68(64)36-40)50-22-10-12-24-52(50)65(60,64)55-31-61-37-62(61,53(44)32-63(54,59)67(56)35-39)51-23-11-9-21-49(51)57-29-26-38(34-66(57)61)43-15-3-6-18-46(43)55/h1-36,59-60H,37H2/q+3/b53-32-,55-31-. The molecular formula is C65H40N3+3. The Morgan fingerprint density at radius 1 is 0.368 bits per heavy atom. The smallest absolute Gasteiger partial charge is 0.187 e. The summed E-state index contributed by atoms with van der Waals surface area (Å²) in [5, 5.41) is 0. The first-order valence-electron chi connectivity index (χ1n) is 24.6. The van der Waals surface area contributed by atoms with Crippen LogP contribution in [0.25, 0.3) is 83.9 Å². The molecule has 3 nitrogen and oxygen atoms in total. The Morgan fingerprint density at radius 3 is 1.53 bits per heavy atom. The summed E-state index contributed by atoms with van der Waals surface area (Å²) >= 11 is 0. The van der Waals surface area contributed by atoms with Crippen molar-refractivity contribution < 1.29 is 13.7 Å². The average Bonchev–Trinajstić information content (AvgIpc) is 4.30.